The first kappa shape index (κ1) is 11.0. The van der Waals surface area contributed by atoms with Gasteiger partial charge < -0.3 is 10.3 Å². The van der Waals surface area contributed by atoms with Crippen LogP contribution in [0.3, 0.4) is 0 Å². The third-order valence-corrected chi connectivity index (χ3v) is 1.82. The molecular formula is C11H11NO3. The summed E-state index contributed by atoms with van der Waals surface area (Å²) in [6.45, 7) is 3.32. The summed E-state index contributed by atoms with van der Waals surface area (Å²) in [7, 11) is 0. The van der Waals surface area contributed by atoms with E-state index in [0.717, 1.165) is 0 Å². The van der Waals surface area contributed by atoms with Gasteiger partial charge in [-0.15, -0.1) is 0 Å². The van der Waals surface area contributed by atoms with Gasteiger partial charge >= 0.3 is 5.97 Å². The van der Waals surface area contributed by atoms with Gasteiger partial charge in [0, 0.05) is 17.7 Å². The second kappa shape index (κ2) is 4.95. The number of para-hydroxylation sites is 1. The zero-order chi connectivity index (χ0) is 11.3. The maximum Gasteiger partial charge on any atom is 0.331 e. The van der Waals surface area contributed by atoms with Gasteiger partial charge in [-0.25, -0.2) is 4.79 Å². The van der Waals surface area contributed by atoms with Crippen molar-refractivity contribution >= 4 is 17.9 Å². The van der Waals surface area contributed by atoms with Crippen LogP contribution in [0.15, 0.2) is 42.5 Å². The number of nitrogens with zero attached hydrogens (tertiary/aromatic N) is 1. The fraction of sp³-hybridized carbons (Fsp3) is 0.0909. The molecule has 1 aromatic carbocycles. The molecule has 1 N–H and O–H groups in total. The summed E-state index contributed by atoms with van der Waals surface area (Å²) in [6.07, 6.45) is 1.28. The lowest BCUT2D eigenvalue weighted by Crippen LogP contribution is -2.03. The molecular weight excluding hydrogens is 194 g/mol. The highest BCUT2D eigenvalue weighted by atomic mass is 16.5. The Morgan fingerprint density at radius 3 is 2.60 bits per heavy atom. The largest absolute Gasteiger partial charge is 0.619 e. The summed E-state index contributed by atoms with van der Waals surface area (Å²) < 4.78 is 0.633. The summed E-state index contributed by atoms with van der Waals surface area (Å²) >= 11 is 0. The van der Waals surface area contributed by atoms with Crippen LogP contribution in [0.4, 0.5) is 5.69 Å². The van der Waals surface area contributed by atoms with E-state index in [9.17, 15) is 10.0 Å². The van der Waals surface area contributed by atoms with E-state index < -0.39 is 5.97 Å². The lowest BCUT2D eigenvalue weighted by atomic mass is 10.2. The van der Waals surface area contributed by atoms with Crippen LogP contribution in [0, 0.1) is 5.21 Å². The molecule has 15 heavy (non-hydrogen) atoms. The van der Waals surface area contributed by atoms with Gasteiger partial charge in [0.05, 0.1) is 6.42 Å². The van der Waals surface area contributed by atoms with Gasteiger partial charge in [0.2, 0.25) is 5.69 Å². The highest BCUT2D eigenvalue weighted by Gasteiger charge is 2.05. The van der Waals surface area contributed by atoms with Crippen LogP contribution in [0.2, 0.25) is 0 Å². The predicted molar refractivity (Wildman–Crippen MR) is 57.2 cm³/mol. The minimum Gasteiger partial charge on any atom is -0.619 e. The number of carboxylic acids is 1. The van der Waals surface area contributed by atoms with Crippen molar-refractivity contribution < 1.29 is 14.6 Å². The molecule has 0 saturated heterocycles. The average molecular weight is 205 g/mol. The second-order valence-corrected chi connectivity index (χ2v) is 2.96. The van der Waals surface area contributed by atoms with Gasteiger partial charge in [0.15, 0.2) is 6.21 Å². The Balaban J connectivity index is 2.69. The van der Waals surface area contributed by atoms with Crippen LogP contribution in [0.25, 0.3) is 0 Å². The van der Waals surface area contributed by atoms with Crippen molar-refractivity contribution in [2.24, 2.45) is 0 Å². The van der Waals surface area contributed by atoms with Crippen molar-refractivity contribution in [2.75, 3.05) is 0 Å². The number of hydrogen-bond donors (Lipinski definition) is 1. The molecule has 0 aliphatic carbocycles. The first-order valence-corrected chi connectivity index (χ1v) is 4.37. The Bertz CT molecular complexity index is 396. The van der Waals surface area contributed by atoms with Crippen LogP contribution in [-0.4, -0.2) is 22.0 Å². The summed E-state index contributed by atoms with van der Waals surface area (Å²) in [4.78, 5) is 10.4. The SMILES string of the molecule is C=C(CC=[N+]([O-])c1ccccc1)C(=O)O. The van der Waals surface area contributed by atoms with Crippen LogP contribution in [0.5, 0.6) is 0 Å². The van der Waals surface area contributed by atoms with Gasteiger partial charge in [-0.2, -0.15) is 4.74 Å². The van der Waals surface area contributed by atoms with Crippen LogP contribution in [0.1, 0.15) is 6.42 Å². The molecule has 4 heteroatoms. The average Bonchev–Trinajstić information content (AvgIpc) is 2.26. The van der Waals surface area contributed by atoms with E-state index in [1.807, 2.05) is 0 Å². The fourth-order valence-corrected chi connectivity index (χ4v) is 0.961. The van der Waals surface area contributed by atoms with Crippen LogP contribution < -0.4 is 0 Å². The Hall–Kier alpha value is -2.10. The zero-order valence-electron chi connectivity index (χ0n) is 8.09. The Kier molecular flexibility index (Phi) is 3.62. The van der Waals surface area contributed by atoms with E-state index in [4.69, 9.17) is 5.11 Å². The molecule has 0 spiro atoms. The smallest absolute Gasteiger partial charge is 0.331 e. The molecule has 0 atom stereocenters. The van der Waals surface area contributed by atoms with Crippen molar-refractivity contribution in [1.29, 1.82) is 0 Å². The first-order chi connectivity index (χ1) is 7.11. The number of rotatable bonds is 4. The third-order valence-electron chi connectivity index (χ3n) is 1.82. The minimum atomic E-state index is -1.09. The molecule has 0 aliphatic rings. The normalized spacial score (nSPS) is 11.1. The molecule has 1 rings (SSSR count). The van der Waals surface area contributed by atoms with Crippen molar-refractivity contribution in [3.8, 4) is 0 Å². The number of hydrogen-bond acceptors (Lipinski definition) is 2. The maximum atomic E-state index is 11.4. The van der Waals surface area contributed by atoms with Gasteiger partial charge in [-0.3, -0.25) is 0 Å². The van der Waals surface area contributed by atoms with Crippen LogP contribution >= 0.6 is 0 Å². The third kappa shape index (κ3) is 3.27. The van der Waals surface area contributed by atoms with Crippen LogP contribution in [-0.2, 0) is 4.79 Å². The highest BCUT2D eigenvalue weighted by Crippen LogP contribution is 2.08. The minimum absolute atomic E-state index is 0.00761. The molecule has 0 aliphatic heterocycles. The molecule has 0 radical (unpaired) electrons. The lowest BCUT2D eigenvalue weighted by Gasteiger charge is -2.01. The lowest BCUT2D eigenvalue weighted by molar-refractivity contribution is -0.356. The summed E-state index contributed by atoms with van der Waals surface area (Å²) in [5.41, 5.74) is 0.461. The molecule has 4 nitrogen and oxygen atoms in total. The molecule has 1 aromatic rings. The quantitative estimate of drug-likeness (QED) is 0.268. The summed E-state index contributed by atoms with van der Waals surface area (Å²) in [5, 5.41) is 19.9. The van der Waals surface area contributed by atoms with Crippen molar-refractivity contribution in [1.82, 2.24) is 0 Å². The summed E-state index contributed by atoms with van der Waals surface area (Å²) in [6, 6.07) is 8.56. The second-order valence-electron chi connectivity index (χ2n) is 2.96. The molecule has 0 saturated carbocycles. The van der Waals surface area contributed by atoms with Gasteiger partial charge in [-0.1, -0.05) is 24.8 Å². The predicted octanol–water partition coefficient (Wildman–Crippen LogP) is 1.93. The maximum absolute atomic E-state index is 11.4. The topological polar surface area (TPSA) is 63.4 Å². The van der Waals surface area contributed by atoms with Crippen molar-refractivity contribution in [3.63, 3.8) is 0 Å². The van der Waals surface area contributed by atoms with E-state index in [-0.39, 0.29) is 12.0 Å². The van der Waals surface area contributed by atoms with Gasteiger partial charge in [-0.05, 0) is 0 Å². The molecule has 78 valence electrons. The summed E-state index contributed by atoms with van der Waals surface area (Å²) in [5.74, 6) is -1.09. The molecule has 0 aromatic heterocycles. The van der Waals surface area contributed by atoms with E-state index in [1.54, 1.807) is 30.3 Å². The molecule has 0 fully saturated rings. The van der Waals surface area contributed by atoms with E-state index >= 15 is 0 Å². The first-order valence-electron chi connectivity index (χ1n) is 4.37. The van der Waals surface area contributed by atoms with Crippen molar-refractivity contribution in [3.05, 3.63) is 47.7 Å². The van der Waals surface area contributed by atoms with Gasteiger partial charge in [0.25, 0.3) is 0 Å². The Labute approximate surface area is 87.4 Å². The van der Waals surface area contributed by atoms with E-state index in [1.165, 1.54) is 6.21 Å². The highest BCUT2D eigenvalue weighted by molar-refractivity contribution is 5.89. The number of carbonyl (C=O) groups is 1. The molecule has 0 unspecified atom stereocenters. The Morgan fingerprint density at radius 1 is 1.47 bits per heavy atom. The molecule has 0 bridgehead atoms. The monoisotopic (exact) mass is 205 g/mol. The number of benzene rings is 1. The number of aliphatic carboxylic acids is 1. The van der Waals surface area contributed by atoms with E-state index in [2.05, 4.69) is 6.58 Å². The Morgan fingerprint density at radius 2 is 2.07 bits per heavy atom. The standard InChI is InChI=1S/C11H11NO3/c1-9(11(13)14)7-8-12(15)10-5-3-2-4-6-10/h2-6,8H,1,7H2,(H,13,14). The molecule has 0 heterocycles. The van der Waals surface area contributed by atoms with Crippen molar-refractivity contribution in [2.45, 2.75) is 6.42 Å². The van der Waals surface area contributed by atoms with Gasteiger partial charge in [0.1, 0.15) is 0 Å². The number of carboxylic acid groups (broad SMARTS) is 1. The van der Waals surface area contributed by atoms with E-state index in [0.29, 0.717) is 10.4 Å². The zero-order valence-corrected chi connectivity index (χ0v) is 8.09. The molecule has 0 amide bonds. The fourth-order valence-electron chi connectivity index (χ4n) is 0.961.